The van der Waals surface area contributed by atoms with E-state index in [2.05, 4.69) is 20.7 Å². The summed E-state index contributed by atoms with van der Waals surface area (Å²) < 4.78 is 5.05. The fourth-order valence-corrected chi connectivity index (χ4v) is 1.73. The van der Waals surface area contributed by atoms with Crippen LogP contribution in [0.4, 0.5) is 0 Å². The molecule has 0 aromatic heterocycles. The highest BCUT2D eigenvalue weighted by Gasteiger charge is 2.19. The Labute approximate surface area is 101 Å². The topological polar surface area (TPSA) is 63.6 Å². The lowest BCUT2D eigenvalue weighted by molar-refractivity contribution is 0.0597. The summed E-state index contributed by atoms with van der Waals surface area (Å²) in [5, 5.41) is 9.77. The molecule has 86 valence electrons. The van der Waals surface area contributed by atoms with Crippen LogP contribution in [0, 0.1) is 0 Å². The number of hydrogen-bond acceptors (Lipinski definition) is 4. The van der Waals surface area contributed by atoms with E-state index in [0.29, 0.717) is 4.47 Å². The fourth-order valence-electron chi connectivity index (χ4n) is 1.27. The van der Waals surface area contributed by atoms with Crippen LogP contribution in [0.1, 0.15) is 34.1 Å². The Kier molecular flexibility index (Phi) is 4.06. The molecule has 1 aromatic rings. The molecule has 0 saturated carbocycles. The molecular formula is C11H11BrO4. The van der Waals surface area contributed by atoms with E-state index < -0.39 is 5.97 Å². The standard InChI is InChI=1S/C11H11BrO4/c1-3-9(13)7-4-6(12)5-8(10(7)14)11(15)16-2/h4-5,14H,3H2,1-2H3. The Balaban J connectivity index is 3.37. The van der Waals surface area contributed by atoms with Crippen LogP contribution in [-0.2, 0) is 4.74 Å². The van der Waals surface area contributed by atoms with Gasteiger partial charge in [0.05, 0.1) is 12.7 Å². The Hall–Kier alpha value is -1.36. The summed E-state index contributed by atoms with van der Waals surface area (Å²) in [5.41, 5.74) is 0.103. The number of hydrogen-bond donors (Lipinski definition) is 1. The fraction of sp³-hybridized carbons (Fsp3) is 0.273. The van der Waals surface area contributed by atoms with Crippen LogP contribution >= 0.6 is 15.9 Å². The molecule has 0 unspecified atom stereocenters. The van der Waals surface area contributed by atoms with E-state index in [4.69, 9.17) is 0 Å². The molecule has 0 amide bonds. The molecule has 0 heterocycles. The van der Waals surface area contributed by atoms with Crippen molar-refractivity contribution in [3.05, 3.63) is 27.7 Å². The van der Waals surface area contributed by atoms with Crippen LogP contribution < -0.4 is 0 Å². The first-order chi connectivity index (χ1) is 7.51. The van der Waals surface area contributed by atoms with E-state index in [9.17, 15) is 14.7 Å². The zero-order valence-electron chi connectivity index (χ0n) is 8.91. The predicted octanol–water partition coefficient (Wildman–Crippen LogP) is 2.53. The molecule has 1 rings (SSSR count). The van der Waals surface area contributed by atoms with Gasteiger partial charge in [-0.05, 0) is 12.1 Å². The van der Waals surface area contributed by atoms with Crippen LogP contribution in [0.3, 0.4) is 0 Å². The maximum atomic E-state index is 11.5. The highest BCUT2D eigenvalue weighted by molar-refractivity contribution is 9.10. The second-order valence-electron chi connectivity index (χ2n) is 3.12. The van der Waals surface area contributed by atoms with Crippen LogP contribution in [0.25, 0.3) is 0 Å². The van der Waals surface area contributed by atoms with Crippen molar-refractivity contribution in [2.24, 2.45) is 0 Å². The second kappa shape index (κ2) is 5.12. The number of carbonyl (C=O) groups excluding carboxylic acids is 2. The van der Waals surface area contributed by atoms with Crippen molar-refractivity contribution < 1.29 is 19.4 Å². The van der Waals surface area contributed by atoms with Crippen LogP contribution in [-0.4, -0.2) is 24.0 Å². The van der Waals surface area contributed by atoms with Crippen molar-refractivity contribution in [2.75, 3.05) is 7.11 Å². The van der Waals surface area contributed by atoms with E-state index in [-0.39, 0.29) is 29.1 Å². The Bertz CT molecular complexity index is 403. The summed E-state index contributed by atoms with van der Waals surface area (Å²) in [6.07, 6.45) is 0.255. The van der Waals surface area contributed by atoms with Gasteiger partial charge < -0.3 is 9.84 Å². The third-order valence-electron chi connectivity index (χ3n) is 2.10. The molecule has 0 atom stereocenters. The van der Waals surface area contributed by atoms with E-state index >= 15 is 0 Å². The van der Waals surface area contributed by atoms with Crippen LogP contribution in [0.15, 0.2) is 16.6 Å². The minimum absolute atomic E-state index is 0.0197. The quantitative estimate of drug-likeness (QED) is 0.685. The number of phenolic OH excluding ortho intramolecular Hbond substituents is 1. The first-order valence-electron chi connectivity index (χ1n) is 4.65. The lowest BCUT2D eigenvalue weighted by atomic mass is 10.0. The zero-order valence-corrected chi connectivity index (χ0v) is 10.5. The number of rotatable bonds is 3. The molecule has 1 N–H and O–H groups in total. The minimum Gasteiger partial charge on any atom is -0.506 e. The molecule has 0 aliphatic heterocycles. The van der Waals surface area contributed by atoms with Crippen molar-refractivity contribution >= 4 is 27.7 Å². The highest BCUT2D eigenvalue weighted by Crippen LogP contribution is 2.28. The van der Waals surface area contributed by atoms with Crippen LogP contribution in [0.5, 0.6) is 5.75 Å². The number of carbonyl (C=O) groups is 2. The largest absolute Gasteiger partial charge is 0.506 e. The third-order valence-corrected chi connectivity index (χ3v) is 2.56. The number of phenols is 1. The molecule has 0 bridgehead atoms. The van der Waals surface area contributed by atoms with Gasteiger partial charge in [-0.15, -0.1) is 0 Å². The van der Waals surface area contributed by atoms with E-state index in [1.807, 2.05) is 0 Å². The Morgan fingerprint density at radius 3 is 2.44 bits per heavy atom. The van der Waals surface area contributed by atoms with Crippen molar-refractivity contribution in [1.82, 2.24) is 0 Å². The zero-order chi connectivity index (χ0) is 12.3. The van der Waals surface area contributed by atoms with Crippen molar-refractivity contribution in [3.63, 3.8) is 0 Å². The number of benzene rings is 1. The average molecular weight is 287 g/mol. The molecule has 5 heteroatoms. The van der Waals surface area contributed by atoms with Gasteiger partial charge in [-0.3, -0.25) is 4.79 Å². The number of ether oxygens (including phenoxy) is 1. The number of ketones is 1. The van der Waals surface area contributed by atoms with Gasteiger partial charge in [-0.1, -0.05) is 22.9 Å². The van der Waals surface area contributed by atoms with Gasteiger partial charge >= 0.3 is 5.97 Å². The molecule has 0 spiro atoms. The van der Waals surface area contributed by atoms with E-state index in [1.165, 1.54) is 19.2 Å². The maximum Gasteiger partial charge on any atom is 0.341 e. The smallest absolute Gasteiger partial charge is 0.341 e. The SMILES string of the molecule is CCC(=O)c1cc(Br)cc(C(=O)OC)c1O. The Morgan fingerprint density at radius 2 is 1.94 bits per heavy atom. The third kappa shape index (κ3) is 2.41. The Morgan fingerprint density at radius 1 is 1.38 bits per heavy atom. The molecule has 0 radical (unpaired) electrons. The maximum absolute atomic E-state index is 11.5. The average Bonchev–Trinajstić information content (AvgIpc) is 2.29. The molecular weight excluding hydrogens is 276 g/mol. The molecule has 4 nitrogen and oxygen atoms in total. The molecule has 1 aromatic carbocycles. The molecule has 16 heavy (non-hydrogen) atoms. The summed E-state index contributed by atoms with van der Waals surface area (Å²) in [7, 11) is 1.21. The van der Waals surface area contributed by atoms with Crippen LogP contribution in [0.2, 0.25) is 0 Å². The minimum atomic E-state index is -0.677. The lowest BCUT2D eigenvalue weighted by Gasteiger charge is -2.08. The first kappa shape index (κ1) is 12.7. The summed E-state index contributed by atoms with van der Waals surface area (Å²) in [6.45, 7) is 1.68. The van der Waals surface area contributed by atoms with Crippen molar-refractivity contribution in [2.45, 2.75) is 13.3 Å². The number of aromatic hydroxyl groups is 1. The predicted molar refractivity (Wildman–Crippen MR) is 61.8 cm³/mol. The van der Waals surface area contributed by atoms with Gasteiger partial charge in [0.2, 0.25) is 0 Å². The molecule has 0 aliphatic rings. The van der Waals surface area contributed by atoms with Gasteiger partial charge in [0.1, 0.15) is 11.3 Å². The number of halogens is 1. The summed E-state index contributed by atoms with van der Waals surface area (Å²) in [4.78, 5) is 22.9. The number of esters is 1. The van der Waals surface area contributed by atoms with Crippen molar-refractivity contribution in [1.29, 1.82) is 0 Å². The van der Waals surface area contributed by atoms with Gasteiger partial charge in [0.15, 0.2) is 5.78 Å². The molecule has 0 aliphatic carbocycles. The van der Waals surface area contributed by atoms with Gasteiger partial charge in [-0.2, -0.15) is 0 Å². The first-order valence-corrected chi connectivity index (χ1v) is 5.44. The van der Waals surface area contributed by atoms with Gasteiger partial charge in [0, 0.05) is 10.9 Å². The van der Waals surface area contributed by atoms with Crippen molar-refractivity contribution in [3.8, 4) is 5.75 Å². The second-order valence-corrected chi connectivity index (χ2v) is 4.03. The highest BCUT2D eigenvalue weighted by atomic mass is 79.9. The van der Waals surface area contributed by atoms with Gasteiger partial charge in [0.25, 0.3) is 0 Å². The number of methoxy groups -OCH3 is 1. The lowest BCUT2D eigenvalue weighted by Crippen LogP contribution is -2.06. The van der Waals surface area contributed by atoms with E-state index in [1.54, 1.807) is 6.92 Å². The van der Waals surface area contributed by atoms with E-state index in [0.717, 1.165) is 0 Å². The summed E-state index contributed by atoms with van der Waals surface area (Å²) >= 11 is 3.17. The normalized spacial score (nSPS) is 9.94. The monoisotopic (exact) mass is 286 g/mol. The number of Topliss-reactive ketones (excluding diaryl/α,β-unsaturated/α-hetero) is 1. The summed E-state index contributed by atoms with van der Waals surface area (Å²) in [5.74, 6) is -1.24. The molecule has 0 saturated heterocycles. The summed E-state index contributed by atoms with van der Waals surface area (Å²) in [6, 6.07) is 2.89. The van der Waals surface area contributed by atoms with Gasteiger partial charge in [-0.25, -0.2) is 4.79 Å². The molecule has 0 fully saturated rings.